The van der Waals surface area contributed by atoms with Crippen molar-refractivity contribution in [3.8, 4) is 0 Å². The second-order valence-electron chi connectivity index (χ2n) is 8.46. The fraction of sp³-hybridized carbons (Fsp3) is 0.0667. The van der Waals surface area contributed by atoms with Gasteiger partial charge >= 0.3 is 0 Å². The summed E-state index contributed by atoms with van der Waals surface area (Å²) >= 11 is 13.0. The molecule has 4 aromatic rings. The highest BCUT2D eigenvalue weighted by molar-refractivity contribution is 8.24. The van der Waals surface area contributed by atoms with Gasteiger partial charge in [-0.15, -0.1) is 0 Å². The maximum absolute atomic E-state index is 6.49. The molecule has 4 aromatic carbocycles. The average molecular weight is 529 g/mol. The van der Waals surface area contributed by atoms with Gasteiger partial charge in [-0.1, -0.05) is 145 Å². The molecule has 1 aliphatic rings. The summed E-state index contributed by atoms with van der Waals surface area (Å²) in [6.07, 6.45) is 0. The molecule has 0 amide bonds. The Morgan fingerprint density at radius 3 is 0.971 bits per heavy atom. The van der Waals surface area contributed by atoms with E-state index >= 15 is 0 Å². The van der Waals surface area contributed by atoms with E-state index in [1.54, 1.807) is 0 Å². The van der Waals surface area contributed by atoms with Crippen molar-refractivity contribution in [3.63, 3.8) is 0 Å². The van der Waals surface area contributed by atoms with Crippen LogP contribution in [0.1, 0.15) is 0 Å². The average Bonchev–Trinajstić information content (AvgIpc) is 3.36. The molecular weight excluding hydrogens is 502 g/mol. The van der Waals surface area contributed by atoms with Crippen molar-refractivity contribution in [1.82, 2.24) is 0 Å². The molecule has 5 heteroatoms. The van der Waals surface area contributed by atoms with Crippen LogP contribution in [0.4, 0.5) is 0 Å². The Kier molecular flexibility index (Phi) is 7.44. The van der Waals surface area contributed by atoms with Crippen molar-refractivity contribution in [1.29, 1.82) is 0 Å². The molecule has 0 aromatic heterocycles. The molecule has 1 aliphatic heterocycles. The van der Waals surface area contributed by atoms with E-state index in [0.29, 0.717) is 13.2 Å². The van der Waals surface area contributed by atoms with Crippen molar-refractivity contribution in [2.75, 3.05) is 13.2 Å². The lowest BCUT2D eigenvalue weighted by Crippen LogP contribution is -2.15. The number of rotatable bonds is 6. The first-order valence-electron chi connectivity index (χ1n) is 11.5. The van der Waals surface area contributed by atoms with Crippen LogP contribution in [0.3, 0.4) is 0 Å². The molecule has 0 radical (unpaired) electrons. The van der Waals surface area contributed by atoms with Crippen LogP contribution in [0.25, 0.3) is 0 Å². The number of ether oxygens (including phenoxy) is 1. The van der Waals surface area contributed by atoms with Crippen LogP contribution in [0.5, 0.6) is 0 Å². The fourth-order valence-electron chi connectivity index (χ4n) is 4.33. The van der Waals surface area contributed by atoms with Crippen LogP contribution in [0.15, 0.2) is 144 Å². The van der Waals surface area contributed by atoms with Gasteiger partial charge in [0, 0.05) is 12.1 Å². The zero-order valence-electron chi connectivity index (χ0n) is 19.2. The Bertz CT molecular complexity index is 1250. The van der Waals surface area contributed by atoms with Gasteiger partial charge in [0.05, 0.1) is 13.2 Å². The van der Waals surface area contributed by atoms with E-state index in [2.05, 4.69) is 109 Å². The summed E-state index contributed by atoms with van der Waals surface area (Å²) in [6.45, 7) is 1.12. The third-order valence-electron chi connectivity index (χ3n) is 6.16. The van der Waals surface area contributed by atoms with E-state index in [0.717, 1.165) is 0 Å². The van der Waals surface area contributed by atoms with Gasteiger partial charge in [-0.3, -0.25) is 0 Å². The van der Waals surface area contributed by atoms with Gasteiger partial charge in [0.25, 0.3) is 0 Å². The van der Waals surface area contributed by atoms with Crippen LogP contribution < -0.4 is 21.2 Å². The minimum absolute atomic E-state index is 0.558. The van der Waals surface area contributed by atoms with Gasteiger partial charge in [-0.05, 0) is 44.0 Å². The molecular formula is C30H26OP2S2. The molecule has 0 unspecified atom stereocenters. The quantitative estimate of drug-likeness (QED) is 0.282. The lowest BCUT2D eigenvalue weighted by Gasteiger charge is -2.22. The van der Waals surface area contributed by atoms with Crippen LogP contribution in [0.2, 0.25) is 0 Å². The Hall–Kier alpha value is -2.38. The summed E-state index contributed by atoms with van der Waals surface area (Å²) in [6, 6.07) is 37.6. The van der Waals surface area contributed by atoms with Gasteiger partial charge in [0.15, 0.2) is 0 Å². The standard InChI is InChI=1S/C30H26OP2S2/c34-32(27-13-5-1-6-14-27,28-15-7-2-8-16-28)23-25-21-31-22-26(25)24-33(35,29-17-9-3-10-18-29)30-19-11-4-12-20-30/h1-20,23-24H,21-22H2/b25-23+,26-24+. The van der Waals surface area contributed by atoms with E-state index in [4.69, 9.17) is 28.4 Å². The summed E-state index contributed by atoms with van der Waals surface area (Å²) in [5.41, 5.74) is 2.34. The topological polar surface area (TPSA) is 9.23 Å². The fourth-order valence-corrected chi connectivity index (χ4v) is 11.6. The van der Waals surface area contributed by atoms with Crippen LogP contribution in [-0.4, -0.2) is 13.2 Å². The Morgan fingerprint density at radius 2 is 0.714 bits per heavy atom. The predicted molar refractivity (Wildman–Crippen MR) is 160 cm³/mol. The van der Waals surface area contributed by atoms with E-state index in [1.807, 2.05) is 24.3 Å². The summed E-state index contributed by atoms with van der Waals surface area (Å²) in [5.74, 6) is 4.64. The molecule has 35 heavy (non-hydrogen) atoms. The number of hydrogen-bond acceptors (Lipinski definition) is 3. The first-order valence-corrected chi connectivity index (χ1v) is 17.3. The summed E-state index contributed by atoms with van der Waals surface area (Å²) in [5, 5.41) is 4.74. The number of benzene rings is 4. The van der Waals surface area contributed by atoms with Gasteiger partial charge in [0.1, 0.15) is 0 Å². The molecule has 5 rings (SSSR count). The van der Waals surface area contributed by atoms with Gasteiger partial charge in [-0.25, -0.2) is 0 Å². The molecule has 1 nitrogen and oxygen atoms in total. The third kappa shape index (κ3) is 5.12. The Morgan fingerprint density at radius 1 is 0.457 bits per heavy atom. The lowest BCUT2D eigenvalue weighted by molar-refractivity contribution is 0.215. The monoisotopic (exact) mass is 528 g/mol. The zero-order valence-corrected chi connectivity index (χ0v) is 22.7. The minimum Gasteiger partial charge on any atom is -0.372 e. The predicted octanol–water partition coefficient (Wildman–Crippen LogP) is 6.05. The first-order chi connectivity index (χ1) is 17.1. The SMILES string of the molecule is S=P(/C=C1\COC\C1=C/P(=S)(c1ccccc1)c1ccccc1)(c1ccccc1)c1ccccc1. The largest absolute Gasteiger partial charge is 0.372 e. The molecule has 1 heterocycles. The van der Waals surface area contributed by atoms with Crippen molar-refractivity contribution in [2.45, 2.75) is 0 Å². The minimum atomic E-state index is -2.19. The van der Waals surface area contributed by atoms with E-state index < -0.39 is 12.1 Å². The Balaban J connectivity index is 1.67. The molecule has 0 spiro atoms. The van der Waals surface area contributed by atoms with Crippen molar-refractivity contribution in [3.05, 3.63) is 144 Å². The van der Waals surface area contributed by atoms with Gasteiger partial charge < -0.3 is 4.74 Å². The first kappa shape index (κ1) is 24.3. The van der Waals surface area contributed by atoms with Crippen LogP contribution >= 0.6 is 12.1 Å². The smallest absolute Gasteiger partial charge is 0.0725 e. The van der Waals surface area contributed by atoms with Crippen molar-refractivity contribution in [2.24, 2.45) is 0 Å². The highest BCUT2D eigenvalue weighted by Crippen LogP contribution is 2.51. The summed E-state index contributed by atoms with van der Waals surface area (Å²) < 4.78 is 6.01. The van der Waals surface area contributed by atoms with E-state index in [9.17, 15) is 0 Å². The van der Waals surface area contributed by atoms with Gasteiger partial charge in [0.2, 0.25) is 0 Å². The second-order valence-corrected chi connectivity index (χ2v) is 17.1. The molecule has 1 saturated heterocycles. The van der Waals surface area contributed by atoms with E-state index in [1.165, 1.54) is 32.4 Å². The maximum Gasteiger partial charge on any atom is 0.0725 e. The van der Waals surface area contributed by atoms with Crippen LogP contribution in [-0.2, 0) is 28.4 Å². The molecule has 174 valence electrons. The molecule has 0 saturated carbocycles. The van der Waals surface area contributed by atoms with Crippen LogP contribution in [0, 0.1) is 0 Å². The molecule has 0 N–H and O–H groups in total. The molecule has 0 aliphatic carbocycles. The van der Waals surface area contributed by atoms with Crippen molar-refractivity contribution >= 4 is 56.9 Å². The summed E-state index contributed by atoms with van der Waals surface area (Å²) in [7, 11) is 0. The highest BCUT2D eigenvalue weighted by atomic mass is 32.4. The highest BCUT2D eigenvalue weighted by Gasteiger charge is 2.27. The molecule has 1 fully saturated rings. The number of hydrogen-bond donors (Lipinski definition) is 0. The van der Waals surface area contributed by atoms with E-state index in [-0.39, 0.29) is 0 Å². The summed E-state index contributed by atoms with van der Waals surface area (Å²) in [4.78, 5) is 0. The Labute approximate surface area is 218 Å². The second kappa shape index (κ2) is 10.7. The molecule has 0 atom stereocenters. The lowest BCUT2D eigenvalue weighted by atomic mass is 10.2. The van der Waals surface area contributed by atoms with Crippen molar-refractivity contribution < 1.29 is 4.74 Å². The third-order valence-corrected chi connectivity index (χ3v) is 14.9. The van der Waals surface area contributed by atoms with Gasteiger partial charge in [-0.2, -0.15) is 0 Å². The zero-order chi connectivity index (χ0) is 24.1. The maximum atomic E-state index is 6.49. The molecule has 0 bridgehead atoms. The normalized spacial score (nSPS) is 16.6.